The minimum atomic E-state index is 0.158. The van der Waals surface area contributed by atoms with Crippen molar-refractivity contribution >= 4 is 22.4 Å². The molecule has 0 aliphatic carbocycles. The van der Waals surface area contributed by atoms with Crippen LogP contribution in [-0.4, -0.2) is 24.5 Å². The Morgan fingerprint density at radius 2 is 1.84 bits per heavy atom. The van der Waals surface area contributed by atoms with Gasteiger partial charge in [0.1, 0.15) is 5.75 Å². The van der Waals surface area contributed by atoms with Gasteiger partial charge in [0.25, 0.3) is 0 Å². The molecule has 1 aliphatic heterocycles. The number of methoxy groups -OCH3 is 1. The van der Waals surface area contributed by atoms with E-state index in [0.717, 1.165) is 46.5 Å². The Bertz CT molecular complexity index is 1250. The van der Waals surface area contributed by atoms with Crippen molar-refractivity contribution < 1.29 is 9.53 Å². The summed E-state index contributed by atoms with van der Waals surface area (Å²) in [6.07, 6.45) is 5.61. The average Bonchev–Trinajstić information content (AvgIpc) is 3.26. The molecule has 0 saturated heterocycles. The highest BCUT2D eigenvalue weighted by molar-refractivity contribution is 5.96. The second-order valence-electron chi connectivity index (χ2n) is 7.84. The molecule has 3 aromatic carbocycles. The number of pyridine rings is 1. The van der Waals surface area contributed by atoms with Gasteiger partial charge in [-0.1, -0.05) is 36.4 Å². The Kier molecular flexibility index (Phi) is 5.13. The number of ether oxygens (including phenoxy) is 1. The van der Waals surface area contributed by atoms with Crippen LogP contribution in [0.1, 0.15) is 17.5 Å². The number of hydrogen-bond acceptors (Lipinski definition) is 3. The summed E-state index contributed by atoms with van der Waals surface area (Å²) < 4.78 is 5.59. The van der Waals surface area contributed by atoms with Gasteiger partial charge < -0.3 is 9.64 Å². The molecule has 1 aliphatic rings. The quantitative estimate of drug-likeness (QED) is 0.442. The zero-order valence-electron chi connectivity index (χ0n) is 17.5. The Morgan fingerprint density at radius 3 is 2.68 bits per heavy atom. The van der Waals surface area contributed by atoms with Crippen molar-refractivity contribution in [3.63, 3.8) is 0 Å². The lowest BCUT2D eigenvalue weighted by molar-refractivity contribution is -0.118. The van der Waals surface area contributed by atoms with Crippen molar-refractivity contribution in [3.8, 4) is 16.9 Å². The highest BCUT2D eigenvalue weighted by Gasteiger charge is 2.25. The molecule has 1 aromatic heterocycles. The first-order chi connectivity index (χ1) is 15.2. The maximum atomic E-state index is 13.1. The first-order valence-corrected chi connectivity index (χ1v) is 10.6. The first kappa shape index (κ1) is 19.3. The van der Waals surface area contributed by atoms with E-state index in [2.05, 4.69) is 41.4 Å². The van der Waals surface area contributed by atoms with Crippen LogP contribution in [0.5, 0.6) is 5.75 Å². The Morgan fingerprint density at radius 1 is 1.00 bits per heavy atom. The van der Waals surface area contributed by atoms with Crippen LogP contribution in [0.2, 0.25) is 0 Å². The number of fused-ring (bicyclic) bond motifs is 2. The third kappa shape index (κ3) is 3.66. The van der Waals surface area contributed by atoms with Crippen LogP contribution in [0.15, 0.2) is 79.1 Å². The molecule has 0 saturated carbocycles. The molecule has 0 N–H and O–H groups in total. The Labute approximate surface area is 182 Å². The largest absolute Gasteiger partial charge is 0.496 e. The summed E-state index contributed by atoms with van der Waals surface area (Å²) in [5.74, 6) is 1.00. The van der Waals surface area contributed by atoms with Gasteiger partial charge in [-0.3, -0.25) is 9.78 Å². The monoisotopic (exact) mass is 408 g/mol. The standard InChI is InChI=1S/C27H24N2O2/c1-31-26-10-7-20-4-2-3-5-23(20)24(26)8-11-27(30)29-17-14-22-18-21(6-9-25(22)29)19-12-15-28-16-13-19/h2-7,9-10,12-13,15-16,18H,8,11,14,17H2,1H3. The van der Waals surface area contributed by atoms with Crippen LogP contribution in [0.3, 0.4) is 0 Å². The predicted octanol–water partition coefficient (Wildman–Crippen LogP) is 5.43. The maximum absolute atomic E-state index is 13.1. The summed E-state index contributed by atoms with van der Waals surface area (Å²) in [4.78, 5) is 19.2. The van der Waals surface area contributed by atoms with Crippen molar-refractivity contribution in [2.24, 2.45) is 0 Å². The molecule has 0 spiro atoms. The van der Waals surface area contributed by atoms with E-state index in [9.17, 15) is 4.79 Å². The lowest BCUT2D eigenvalue weighted by atomic mass is 9.99. The second kappa shape index (κ2) is 8.23. The van der Waals surface area contributed by atoms with Crippen molar-refractivity contribution in [3.05, 3.63) is 90.3 Å². The molecule has 0 fully saturated rings. The summed E-state index contributed by atoms with van der Waals surface area (Å²) in [5.41, 5.74) is 5.67. The van der Waals surface area contributed by atoms with E-state index in [0.29, 0.717) is 12.8 Å². The van der Waals surface area contributed by atoms with Crippen molar-refractivity contribution in [1.29, 1.82) is 0 Å². The Hall–Kier alpha value is -3.66. The lowest BCUT2D eigenvalue weighted by Crippen LogP contribution is -2.29. The third-order valence-corrected chi connectivity index (χ3v) is 6.10. The molecule has 0 radical (unpaired) electrons. The molecule has 4 heteroatoms. The number of nitrogens with zero attached hydrogens (tertiary/aromatic N) is 2. The van der Waals surface area contributed by atoms with E-state index in [1.165, 1.54) is 10.9 Å². The molecule has 0 atom stereocenters. The van der Waals surface area contributed by atoms with Crippen molar-refractivity contribution in [2.75, 3.05) is 18.6 Å². The molecule has 0 unspecified atom stereocenters. The smallest absolute Gasteiger partial charge is 0.227 e. The number of hydrogen-bond donors (Lipinski definition) is 0. The number of benzene rings is 3. The van der Waals surface area contributed by atoms with E-state index in [4.69, 9.17) is 4.74 Å². The van der Waals surface area contributed by atoms with E-state index in [1.54, 1.807) is 19.5 Å². The lowest BCUT2D eigenvalue weighted by Gasteiger charge is -2.19. The van der Waals surface area contributed by atoms with E-state index >= 15 is 0 Å². The van der Waals surface area contributed by atoms with Gasteiger partial charge in [0.2, 0.25) is 5.91 Å². The van der Waals surface area contributed by atoms with Gasteiger partial charge in [0.15, 0.2) is 0 Å². The maximum Gasteiger partial charge on any atom is 0.227 e. The minimum absolute atomic E-state index is 0.158. The van der Waals surface area contributed by atoms with Gasteiger partial charge in [-0.05, 0) is 70.6 Å². The number of carbonyl (C=O) groups is 1. The summed E-state index contributed by atoms with van der Waals surface area (Å²) in [5, 5.41) is 2.32. The number of amides is 1. The van der Waals surface area contributed by atoms with E-state index in [-0.39, 0.29) is 5.91 Å². The van der Waals surface area contributed by atoms with Crippen LogP contribution >= 0.6 is 0 Å². The fourth-order valence-electron chi connectivity index (χ4n) is 4.52. The molecule has 0 bridgehead atoms. The summed E-state index contributed by atoms with van der Waals surface area (Å²) in [6.45, 7) is 0.737. The topological polar surface area (TPSA) is 42.4 Å². The number of carbonyl (C=O) groups excluding carboxylic acids is 1. The number of aromatic nitrogens is 1. The molecule has 4 aromatic rings. The molecule has 5 rings (SSSR count). The molecular formula is C27H24N2O2. The zero-order chi connectivity index (χ0) is 21.2. The number of rotatable bonds is 5. The van der Waals surface area contributed by atoms with Crippen molar-refractivity contribution in [1.82, 2.24) is 4.98 Å². The number of aryl methyl sites for hydroxylation is 1. The highest BCUT2D eigenvalue weighted by atomic mass is 16.5. The van der Waals surface area contributed by atoms with Crippen LogP contribution in [0.4, 0.5) is 5.69 Å². The van der Waals surface area contributed by atoms with Crippen LogP contribution in [0.25, 0.3) is 21.9 Å². The van der Waals surface area contributed by atoms with Gasteiger partial charge in [-0.2, -0.15) is 0 Å². The number of anilines is 1. The SMILES string of the molecule is COc1ccc2ccccc2c1CCC(=O)N1CCc2cc(-c3ccncc3)ccc21. The van der Waals surface area contributed by atoms with E-state index in [1.807, 2.05) is 35.2 Å². The van der Waals surface area contributed by atoms with Gasteiger partial charge in [0, 0.05) is 36.6 Å². The molecule has 2 heterocycles. The minimum Gasteiger partial charge on any atom is -0.496 e. The molecule has 1 amide bonds. The average molecular weight is 409 g/mol. The summed E-state index contributed by atoms with van der Waals surface area (Å²) in [7, 11) is 1.69. The molecule has 154 valence electrons. The molecule has 31 heavy (non-hydrogen) atoms. The first-order valence-electron chi connectivity index (χ1n) is 10.6. The van der Waals surface area contributed by atoms with E-state index < -0.39 is 0 Å². The second-order valence-corrected chi connectivity index (χ2v) is 7.84. The van der Waals surface area contributed by atoms with Crippen LogP contribution in [0, 0.1) is 0 Å². The summed E-state index contributed by atoms with van der Waals surface area (Å²) >= 11 is 0. The molecule has 4 nitrogen and oxygen atoms in total. The predicted molar refractivity (Wildman–Crippen MR) is 125 cm³/mol. The van der Waals surface area contributed by atoms with Crippen molar-refractivity contribution in [2.45, 2.75) is 19.3 Å². The van der Waals surface area contributed by atoms with Crippen LogP contribution < -0.4 is 9.64 Å². The van der Waals surface area contributed by atoms with Gasteiger partial charge in [0.05, 0.1) is 7.11 Å². The fourth-order valence-corrected chi connectivity index (χ4v) is 4.52. The highest BCUT2D eigenvalue weighted by Crippen LogP contribution is 2.34. The zero-order valence-corrected chi connectivity index (χ0v) is 17.5. The van der Waals surface area contributed by atoms with Gasteiger partial charge >= 0.3 is 0 Å². The third-order valence-electron chi connectivity index (χ3n) is 6.10. The molecular weight excluding hydrogens is 384 g/mol. The van der Waals surface area contributed by atoms with Crippen LogP contribution in [-0.2, 0) is 17.6 Å². The summed E-state index contributed by atoms with van der Waals surface area (Å²) in [6, 6.07) is 22.7. The Balaban J connectivity index is 1.36. The van der Waals surface area contributed by atoms with Gasteiger partial charge in [-0.15, -0.1) is 0 Å². The normalized spacial score (nSPS) is 12.7. The fraction of sp³-hybridized carbons (Fsp3) is 0.185. The van der Waals surface area contributed by atoms with Gasteiger partial charge in [-0.25, -0.2) is 0 Å².